The molecule has 0 saturated carbocycles. The summed E-state index contributed by atoms with van der Waals surface area (Å²) in [5, 5.41) is 1.16. The smallest absolute Gasteiger partial charge is 0.123 e. The van der Waals surface area contributed by atoms with Crippen LogP contribution in [-0.2, 0) is 6.42 Å². The highest BCUT2D eigenvalue weighted by Gasteiger charge is 2.19. The molecule has 21 heavy (non-hydrogen) atoms. The lowest BCUT2D eigenvalue weighted by Crippen LogP contribution is -2.16. The SMILES string of the molecule is COc1ccc(F)cc1C(CN)Cc1c(Cl)cccc1Cl. The van der Waals surface area contributed by atoms with Gasteiger partial charge in [0, 0.05) is 21.5 Å². The van der Waals surface area contributed by atoms with Crippen LogP contribution < -0.4 is 10.5 Å². The third kappa shape index (κ3) is 3.67. The molecule has 2 N–H and O–H groups in total. The van der Waals surface area contributed by atoms with E-state index in [0.717, 1.165) is 11.1 Å². The fourth-order valence-corrected chi connectivity index (χ4v) is 2.87. The van der Waals surface area contributed by atoms with E-state index in [-0.39, 0.29) is 11.7 Å². The number of halogens is 3. The minimum absolute atomic E-state index is 0.131. The van der Waals surface area contributed by atoms with Crippen LogP contribution in [-0.4, -0.2) is 13.7 Å². The Morgan fingerprint density at radius 3 is 2.43 bits per heavy atom. The molecule has 0 spiro atoms. The summed E-state index contributed by atoms with van der Waals surface area (Å²) in [6.45, 7) is 0.335. The molecule has 0 aliphatic rings. The van der Waals surface area contributed by atoms with Crippen LogP contribution in [0.2, 0.25) is 10.0 Å². The number of rotatable bonds is 5. The predicted molar refractivity (Wildman–Crippen MR) is 84.9 cm³/mol. The summed E-state index contributed by atoms with van der Waals surface area (Å²) in [7, 11) is 1.55. The van der Waals surface area contributed by atoms with Crippen molar-refractivity contribution in [2.45, 2.75) is 12.3 Å². The molecule has 0 aliphatic heterocycles. The maximum Gasteiger partial charge on any atom is 0.123 e. The molecule has 0 aromatic heterocycles. The lowest BCUT2D eigenvalue weighted by Gasteiger charge is -2.19. The molecular weight excluding hydrogens is 312 g/mol. The molecule has 112 valence electrons. The molecule has 0 heterocycles. The Bertz CT molecular complexity index is 613. The highest BCUT2D eigenvalue weighted by Crippen LogP contribution is 2.33. The highest BCUT2D eigenvalue weighted by atomic mass is 35.5. The van der Waals surface area contributed by atoms with Crippen LogP contribution in [0.4, 0.5) is 4.39 Å². The van der Waals surface area contributed by atoms with E-state index in [1.807, 2.05) is 0 Å². The normalized spacial score (nSPS) is 12.2. The Balaban J connectivity index is 2.39. The van der Waals surface area contributed by atoms with Crippen LogP contribution in [0.25, 0.3) is 0 Å². The van der Waals surface area contributed by atoms with Gasteiger partial charge in [-0.3, -0.25) is 0 Å². The monoisotopic (exact) mass is 327 g/mol. The Hall–Kier alpha value is -1.29. The lowest BCUT2D eigenvalue weighted by molar-refractivity contribution is 0.403. The van der Waals surface area contributed by atoms with Crippen molar-refractivity contribution in [1.82, 2.24) is 0 Å². The molecular formula is C16H16Cl2FNO. The van der Waals surface area contributed by atoms with Gasteiger partial charge in [0.05, 0.1) is 7.11 Å². The van der Waals surface area contributed by atoms with Gasteiger partial charge >= 0.3 is 0 Å². The first-order valence-corrected chi connectivity index (χ1v) is 7.28. The van der Waals surface area contributed by atoms with Gasteiger partial charge in [-0.1, -0.05) is 29.3 Å². The number of hydrogen-bond acceptors (Lipinski definition) is 2. The molecule has 0 saturated heterocycles. The van der Waals surface area contributed by atoms with Gasteiger partial charge in [0.2, 0.25) is 0 Å². The third-order valence-corrected chi connectivity index (χ3v) is 4.14. The summed E-state index contributed by atoms with van der Waals surface area (Å²) < 4.78 is 18.8. The summed E-state index contributed by atoms with van der Waals surface area (Å²) in [6.07, 6.45) is 0.523. The van der Waals surface area contributed by atoms with Crippen LogP contribution in [0.1, 0.15) is 17.0 Å². The van der Waals surface area contributed by atoms with E-state index >= 15 is 0 Å². The van der Waals surface area contributed by atoms with E-state index in [1.165, 1.54) is 12.1 Å². The Morgan fingerprint density at radius 2 is 1.86 bits per heavy atom. The second-order valence-electron chi connectivity index (χ2n) is 4.72. The second-order valence-corrected chi connectivity index (χ2v) is 5.54. The maximum absolute atomic E-state index is 13.5. The Labute approximate surface area is 133 Å². The number of hydrogen-bond donors (Lipinski definition) is 1. The number of nitrogens with two attached hydrogens (primary N) is 1. The molecule has 2 aromatic rings. The zero-order valence-corrected chi connectivity index (χ0v) is 13.1. The maximum atomic E-state index is 13.5. The summed E-state index contributed by atoms with van der Waals surface area (Å²) in [6, 6.07) is 9.74. The predicted octanol–water partition coefficient (Wildman–Crippen LogP) is 4.43. The van der Waals surface area contributed by atoms with Crippen molar-refractivity contribution < 1.29 is 9.13 Å². The lowest BCUT2D eigenvalue weighted by atomic mass is 9.91. The van der Waals surface area contributed by atoms with Crippen molar-refractivity contribution in [1.29, 1.82) is 0 Å². The molecule has 0 amide bonds. The van der Waals surface area contributed by atoms with Crippen LogP contribution in [0.15, 0.2) is 36.4 Å². The van der Waals surface area contributed by atoms with Gasteiger partial charge in [0.1, 0.15) is 11.6 Å². The van der Waals surface area contributed by atoms with Gasteiger partial charge in [0.15, 0.2) is 0 Å². The first kappa shape index (κ1) is 16.1. The molecule has 1 unspecified atom stereocenters. The first-order valence-electron chi connectivity index (χ1n) is 6.53. The topological polar surface area (TPSA) is 35.2 Å². The van der Waals surface area contributed by atoms with Gasteiger partial charge in [0.25, 0.3) is 0 Å². The summed E-state index contributed by atoms with van der Waals surface area (Å²) in [5.74, 6) is 0.151. The van der Waals surface area contributed by atoms with Gasteiger partial charge in [-0.05, 0) is 48.9 Å². The highest BCUT2D eigenvalue weighted by molar-refractivity contribution is 6.36. The van der Waals surface area contributed by atoms with E-state index in [0.29, 0.717) is 28.8 Å². The van der Waals surface area contributed by atoms with Crippen LogP contribution >= 0.6 is 23.2 Å². The van der Waals surface area contributed by atoms with Gasteiger partial charge in [-0.2, -0.15) is 0 Å². The van der Waals surface area contributed by atoms with Crippen molar-refractivity contribution in [3.63, 3.8) is 0 Å². The molecule has 0 fully saturated rings. The molecule has 5 heteroatoms. The molecule has 2 rings (SSSR count). The molecule has 1 atom stereocenters. The second kappa shape index (κ2) is 7.12. The molecule has 2 aromatic carbocycles. The average Bonchev–Trinajstić information content (AvgIpc) is 2.47. The minimum atomic E-state index is -0.325. The van der Waals surface area contributed by atoms with Gasteiger partial charge in [-0.15, -0.1) is 0 Å². The fraction of sp³-hybridized carbons (Fsp3) is 0.250. The van der Waals surface area contributed by atoms with Crippen molar-refractivity contribution in [2.24, 2.45) is 5.73 Å². The summed E-state index contributed by atoms with van der Waals surface area (Å²) in [5.41, 5.74) is 7.39. The van der Waals surface area contributed by atoms with Crippen LogP contribution in [0.5, 0.6) is 5.75 Å². The number of ether oxygens (including phenoxy) is 1. The zero-order valence-electron chi connectivity index (χ0n) is 11.6. The van der Waals surface area contributed by atoms with Gasteiger partial charge in [-0.25, -0.2) is 4.39 Å². The van der Waals surface area contributed by atoms with Crippen molar-refractivity contribution in [2.75, 3.05) is 13.7 Å². The zero-order chi connectivity index (χ0) is 15.4. The van der Waals surface area contributed by atoms with E-state index in [4.69, 9.17) is 33.7 Å². The minimum Gasteiger partial charge on any atom is -0.496 e. The summed E-state index contributed by atoms with van der Waals surface area (Å²) in [4.78, 5) is 0. The van der Waals surface area contributed by atoms with Crippen molar-refractivity contribution in [3.05, 3.63) is 63.4 Å². The molecule has 2 nitrogen and oxygen atoms in total. The Kier molecular flexibility index (Phi) is 5.45. The summed E-state index contributed by atoms with van der Waals surface area (Å²) >= 11 is 12.4. The number of benzene rings is 2. The standard InChI is InChI=1S/C16H16Cl2FNO/c1-21-16-6-5-11(19)8-12(16)10(9-20)7-13-14(17)3-2-4-15(13)18/h2-6,8,10H,7,9,20H2,1H3. The van der Waals surface area contributed by atoms with Crippen molar-refractivity contribution >= 4 is 23.2 Å². The largest absolute Gasteiger partial charge is 0.496 e. The third-order valence-electron chi connectivity index (χ3n) is 3.43. The van der Waals surface area contributed by atoms with E-state index in [9.17, 15) is 4.39 Å². The quantitative estimate of drug-likeness (QED) is 0.881. The van der Waals surface area contributed by atoms with E-state index in [1.54, 1.807) is 31.4 Å². The van der Waals surface area contributed by atoms with Crippen LogP contribution in [0, 0.1) is 5.82 Å². The average molecular weight is 328 g/mol. The van der Waals surface area contributed by atoms with E-state index in [2.05, 4.69) is 0 Å². The molecule has 0 bridgehead atoms. The molecule has 0 aliphatic carbocycles. The number of methoxy groups -OCH3 is 1. The van der Waals surface area contributed by atoms with Gasteiger partial charge < -0.3 is 10.5 Å². The molecule has 0 radical (unpaired) electrons. The fourth-order valence-electron chi connectivity index (χ4n) is 2.32. The first-order chi connectivity index (χ1) is 10.1. The van der Waals surface area contributed by atoms with Crippen LogP contribution in [0.3, 0.4) is 0 Å². The van der Waals surface area contributed by atoms with E-state index < -0.39 is 0 Å². The van der Waals surface area contributed by atoms with Crippen molar-refractivity contribution in [3.8, 4) is 5.75 Å². The Morgan fingerprint density at radius 1 is 1.19 bits per heavy atom.